The summed E-state index contributed by atoms with van der Waals surface area (Å²) in [6, 6.07) is 11.0. The van der Waals surface area contributed by atoms with Crippen LogP contribution in [0.5, 0.6) is 0 Å². The van der Waals surface area contributed by atoms with E-state index in [1.54, 1.807) is 51.1 Å². The summed E-state index contributed by atoms with van der Waals surface area (Å²) in [7, 11) is 0. The number of anilines is 2. The Balaban J connectivity index is 2.10. The lowest BCUT2D eigenvalue weighted by Crippen LogP contribution is -2.27. The van der Waals surface area contributed by atoms with Crippen molar-refractivity contribution in [2.75, 3.05) is 11.1 Å². The second kappa shape index (κ2) is 7.05. The Bertz CT molecular complexity index is 797. The molecule has 2 rings (SSSR count). The van der Waals surface area contributed by atoms with E-state index in [9.17, 15) is 9.18 Å². The van der Waals surface area contributed by atoms with Crippen molar-refractivity contribution in [1.82, 2.24) is 0 Å². The highest BCUT2D eigenvalue weighted by atomic mass is 19.1. The van der Waals surface area contributed by atoms with Gasteiger partial charge in [0.2, 0.25) is 0 Å². The molecule has 2 aromatic rings. The summed E-state index contributed by atoms with van der Waals surface area (Å²) in [6.45, 7) is 5.35. The van der Waals surface area contributed by atoms with Gasteiger partial charge in [-0.3, -0.25) is 5.32 Å². The molecule has 0 radical (unpaired) electrons. The number of hydrogen-bond donors (Lipinski definition) is 2. The molecule has 0 aliphatic rings. The minimum Gasteiger partial charge on any atom is -0.444 e. The molecule has 0 unspecified atom stereocenters. The molecule has 0 spiro atoms. The van der Waals surface area contributed by atoms with Crippen LogP contribution in [0.2, 0.25) is 0 Å². The van der Waals surface area contributed by atoms with Gasteiger partial charge in [-0.15, -0.1) is 0 Å². The van der Waals surface area contributed by atoms with E-state index < -0.39 is 11.7 Å². The van der Waals surface area contributed by atoms with Gasteiger partial charge < -0.3 is 10.5 Å². The van der Waals surface area contributed by atoms with Gasteiger partial charge in [-0.25, -0.2) is 9.18 Å². The number of rotatable bonds is 1. The largest absolute Gasteiger partial charge is 0.444 e. The number of carbonyl (C=O) groups is 1. The first-order valence-electron chi connectivity index (χ1n) is 7.40. The fourth-order valence-electron chi connectivity index (χ4n) is 1.85. The number of nitrogens with one attached hydrogen (secondary N) is 1. The maximum Gasteiger partial charge on any atom is 0.412 e. The monoisotopic (exact) mass is 326 g/mol. The van der Waals surface area contributed by atoms with Gasteiger partial charge in [0.05, 0.1) is 11.4 Å². The van der Waals surface area contributed by atoms with E-state index in [1.807, 2.05) is 0 Å². The molecule has 5 heteroatoms. The van der Waals surface area contributed by atoms with Crippen molar-refractivity contribution >= 4 is 17.5 Å². The Morgan fingerprint density at radius 1 is 1.08 bits per heavy atom. The van der Waals surface area contributed by atoms with Gasteiger partial charge in [0.1, 0.15) is 11.4 Å². The third kappa shape index (κ3) is 5.33. The number of nitrogen functional groups attached to an aromatic ring is 1. The van der Waals surface area contributed by atoms with Crippen molar-refractivity contribution in [2.45, 2.75) is 26.4 Å². The van der Waals surface area contributed by atoms with Crippen LogP contribution < -0.4 is 11.1 Å². The van der Waals surface area contributed by atoms with Crippen LogP contribution in [-0.4, -0.2) is 11.7 Å². The molecule has 0 bridgehead atoms. The lowest BCUT2D eigenvalue weighted by molar-refractivity contribution is 0.0636. The summed E-state index contributed by atoms with van der Waals surface area (Å²) in [5.74, 6) is 5.56. The Labute approximate surface area is 140 Å². The van der Waals surface area contributed by atoms with Crippen molar-refractivity contribution in [1.29, 1.82) is 0 Å². The lowest BCUT2D eigenvalue weighted by atomic mass is 10.1. The predicted molar refractivity (Wildman–Crippen MR) is 93.1 cm³/mol. The van der Waals surface area contributed by atoms with Gasteiger partial charge in [0.15, 0.2) is 0 Å². The Morgan fingerprint density at radius 3 is 2.25 bits per heavy atom. The third-order valence-corrected chi connectivity index (χ3v) is 2.88. The Kier molecular flexibility index (Phi) is 5.10. The molecule has 2 aromatic carbocycles. The highest BCUT2D eigenvalue weighted by molar-refractivity contribution is 5.89. The van der Waals surface area contributed by atoms with Gasteiger partial charge in [-0.05, 0) is 63.2 Å². The number of amides is 1. The van der Waals surface area contributed by atoms with E-state index in [-0.39, 0.29) is 5.82 Å². The van der Waals surface area contributed by atoms with Crippen LogP contribution >= 0.6 is 0 Å². The van der Waals surface area contributed by atoms with Crippen LogP contribution in [0, 0.1) is 17.7 Å². The molecule has 24 heavy (non-hydrogen) atoms. The number of ether oxygens (including phenoxy) is 1. The maximum absolute atomic E-state index is 12.8. The second-order valence-electron chi connectivity index (χ2n) is 6.19. The number of hydrogen-bond acceptors (Lipinski definition) is 3. The van der Waals surface area contributed by atoms with Crippen LogP contribution in [0.15, 0.2) is 42.5 Å². The molecule has 0 aliphatic heterocycles. The Morgan fingerprint density at radius 2 is 1.67 bits per heavy atom. The first-order valence-corrected chi connectivity index (χ1v) is 7.40. The zero-order chi connectivity index (χ0) is 17.7. The smallest absolute Gasteiger partial charge is 0.412 e. The van der Waals surface area contributed by atoms with Gasteiger partial charge in [-0.2, -0.15) is 0 Å². The van der Waals surface area contributed by atoms with Crippen LogP contribution in [0.3, 0.4) is 0 Å². The standard InChI is InChI=1S/C19H19FN2O2/c1-19(2,3)24-18(23)22-17-11-8-14(12-16(17)21)5-4-13-6-9-15(20)10-7-13/h6-12H,21H2,1-3H3,(H,22,23). The number of benzene rings is 2. The quantitative estimate of drug-likeness (QED) is 0.611. The van der Waals surface area contributed by atoms with Crippen LogP contribution in [0.1, 0.15) is 31.9 Å². The van der Waals surface area contributed by atoms with Gasteiger partial charge in [-0.1, -0.05) is 11.8 Å². The second-order valence-corrected chi connectivity index (χ2v) is 6.19. The molecule has 3 N–H and O–H groups in total. The summed E-state index contributed by atoms with van der Waals surface area (Å²) in [4.78, 5) is 11.8. The summed E-state index contributed by atoms with van der Waals surface area (Å²) in [5.41, 5.74) is 7.57. The fraction of sp³-hybridized carbons (Fsp3) is 0.211. The number of nitrogens with two attached hydrogens (primary N) is 1. The first-order chi connectivity index (χ1) is 11.2. The molecule has 0 fully saturated rings. The minimum atomic E-state index is -0.584. The van der Waals surface area contributed by atoms with E-state index in [2.05, 4.69) is 17.2 Å². The van der Waals surface area contributed by atoms with E-state index >= 15 is 0 Å². The zero-order valence-corrected chi connectivity index (χ0v) is 13.8. The minimum absolute atomic E-state index is 0.303. The summed E-state index contributed by atoms with van der Waals surface area (Å²) < 4.78 is 18.0. The summed E-state index contributed by atoms with van der Waals surface area (Å²) in [6.07, 6.45) is -0.570. The van der Waals surface area contributed by atoms with Crippen molar-refractivity contribution in [3.8, 4) is 11.8 Å². The molecule has 124 valence electrons. The Hall–Kier alpha value is -3.00. The molecular formula is C19H19FN2O2. The highest BCUT2D eigenvalue weighted by Gasteiger charge is 2.16. The molecule has 0 saturated carbocycles. The van der Waals surface area contributed by atoms with Gasteiger partial charge in [0.25, 0.3) is 0 Å². The van der Waals surface area contributed by atoms with Crippen molar-refractivity contribution in [3.63, 3.8) is 0 Å². The van der Waals surface area contributed by atoms with E-state index in [0.29, 0.717) is 22.5 Å². The third-order valence-electron chi connectivity index (χ3n) is 2.88. The molecule has 0 heterocycles. The topological polar surface area (TPSA) is 64.3 Å². The molecule has 4 nitrogen and oxygen atoms in total. The molecule has 1 amide bonds. The van der Waals surface area contributed by atoms with E-state index in [1.165, 1.54) is 12.1 Å². The predicted octanol–water partition coefficient (Wildman–Crippen LogP) is 4.15. The average Bonchev–Trinajstić information content (AvgIpc) is 2.47. The maximum atomic E-state index is 12.8. The van der Waals surface area contributed by atoms with Crippen LogP contribution in [0.4, 0.5) is 20.6 Å². The molecule has 0 aromatic heterocycles. The van der Waals surface area contributed by atoms with Crippen molar-refractivity contribution in [2.24, 2.45) is 0 Å². The van der Waals surface area contributed by atoms with Crippen molar-refractivity contribution in [3.05, 3.63) is 59.4 Å². The molecule has 0 aliphatic carbocycles. The highest BCUT2D eigenvalue weighted by Crippen LogP contribution is 2.20. The van der Waals surface area contributed by atoms with Crippen molar-refractivity contribution < 1.29 is 13.9 Å². The van der Waals surface area contributed by atoms with E-state index in [0.717, 1.165) is 0 Å². The number of halogens is 1. The fourth-order valence-corrected chi connectivity index (χ4v) is 1.85. The normalized spacial score (nSPS) is 10.5. The van der Waals surface area contributed by atoms with Crippen LogP contribution in [-0.2, 0) is 4.74 Å². The van der Waals surface area contributed by atoms with Gasteiger partial charge >= 0.3 is 6.09 Å². The number of carbonyl (C=O) groups excluding carboxylic acids is 1. The average molecular weight is 326 g/mol. The van der Waals surface area contributed by atoms with Gasteiger partial charge in [0, 0.05) is 11.1 Å². The zero-order valence-electron chi connectivity index (χ0n) is 13.8. The molecule has 0 atom stereocenters. The molecular weight excluding hydrogens is 307 g/mol. The molecule has 0 saturated heterocycles. The summed E-state index contributed by atoms with van der Waals surface area (Å²) >= 11 is 0. The van der Waals surface area contributed by atoms with Crippen LogP contribution in [0.25, 0.3) is 0 Å². The SMILES string of the molecule is CC(C)(C)OC(=O)Nc1ccc(C#Cc2ccc(F)cc2)cc1N. The first kappa shape index (κ1) is 17.4. The van der Waals surface area contributed by atoms with E-state index in [4.69, 9.17) is 10.5 Å². The summed E-state index contributed by atoms with van der Waals surface area (Å²) in [5, 5.41) is 2.60. The lowest BCUT2D eigenvalue weighted by Gasteiger charge is -2.20.